The van der Waals surface area contributed by atoms with E-state index in [4.69, 9.17) is 0 Å². The minimum atomic E-state index is 0.0329. The number of hydrogen-bond donors (Lipinski definition) is 1. The van der Waals surface area contributed by atoms with Crippen molar-refractivity contribution in [1.82, 2.24) is 15.1 Å². The molecule has 0 aliphatic heterocycles. The average Bonchev–Trinajstić information content (AvgIpc) is 2.75. The second kappa shape index (κ2) is 5.49. The van der Waals surface area contributed by atoms with Gasteiger partial charge >= 0.3 is 0 Å². The molecule has 1 heterocycles. The number of amides is 1. The van der Waals surface area contributed by atoms with E-state index in [9.17, 15) is 4.79 Å². The van der Waals surface area contributed by atoms with Gasteiger partial charge in [0.2, 0.25) is 5.91 Å². The summed E-state index contributed by atoms with van der Waals surface area (Å²) in [4.78, 5) is 11.8. The van der Waals surface area contributed by atoms with Crippen LogP contribution >= 0.6 is 0 Å². The Hall–Kier alpha value is -2.10. The first-order valence-electron chi connectivity index (χ1n) is 5.95. The molecule has 0 fully saturated rings. The molecule has 0 unspecified atom stereocenters. The number of carbonyl (C=O) groups excluding carboxylic acids is 1. The van der Waals surface area contributed by atoms with Crippen LogP contribution in [0.2, 0.25) is 0 Å². The lowest BCUT2D eigenvalue weighted by Gasteiger charge is -2.07. The minimum absolute atomic E-state index is 0.0329. The van der Waals surface area contributed by atoms with Crippen LogP contribution in [0.3, 0.4) is 0 Å². The number of rotatable bonds is 4. The highest BCUT2D eigenvalue weighted by Crippen LogP contribution is 2.07. The van der Waals surface area contributed by atoms with Gasteiger partial charge < -0.3 is 5.32 Å². The van der Waals surface area contributed by atoms with Gasteiger partial charge in [0.25, 0.3) is 0 Å². The molecule has 0 spiro atoms. The number of hydrogen-bond acceptors (Lipinski definition) is 2. The molecule has 0 atom stereocenters. The van der Waals surface area contributed by atoms with Gasteiger partial charge in [0, 0.05) is 13.2 Å². The number of benzene rings is 1. The van der Waals surface area contributed by atoms with E-state index in [-0.39, 0.29) is 5.91 Å². The lowest BCUT2D eigenvalue weighted by molar-refractivity contribution is -0.120. The summed E-state index contributed by atoms with van der Waals surface area (Å²) in [7, 11) is 1.86. The van der Waals surface area contributed by atoms with Crippen LogP contribution in [0.25, 0.3) is 0 Å². The summed E-state index contributed by atoms with van der Waals surface area (Å²) in [5.74, 6) is 0.0329. The highest BCUT2D eigenvalue weighted by molar-refractivity contribution is 5.78. The van der Waals surface area contributed by atoms with E-state index < -0.39 is 0 Å². The molecule has 1 amide bonds. The van der Waals surface area contributed by atoms with Gasteiger partial charge in [0.15, 0.2) is 0 Å². The Morgan fingerprint density at radius 3 is 2.78 bits per heavy atom. The zero-order chi connectivity index (χ0) is 13.0. The van der Waals surface area contributed by atoms with Crippen LogP contribution < -0.4 is 5.32 Å². The second-order valence-corrected chi connectivity index (χ2v) is 4.33. The molecule has 4 heteroatoms. The molecule has 0 saturated carbocycles. The SMILES string of the molecule is Cc1ccccc1CC(=O)NCc1ccnn1C. The van der Waals surface area contributed by atoms with E-state index >= 15 is 0 Å². The molecule has 1 N–H and O–H groups in total. The van der Waals surface area contributed by atoms with Gasteiger partial charge in [-0.15, -0.1) is 0 Å². The fourth-order valence-electron chi connectivity index (χ4n) is 1.81. The Morgan fingerprint density at radius 2 is 2.11 bits per heavy atom. The molecule has 2 aromatic rings. The molecule has 1 aromatic carbocycles. The van der Waals surface area contributed by atoms with Crippen molar-refractivity contribution in [3.05, 3.63) is 53.3 Å². The zero-order valence-electron chi connectivity index (χ0n) is 10.7. The summed E-state index contributed by atoms with van der Waals surface area (Å²) in [5.41, 5.74) is 3.21. The van der Waals surface area contributed by atoms with Gasteiger partial charge in [-0.1, -0.05) is 24.3 Å². The maximum atomic E-state index is 11.8. The molecule has 0 aliphatic rings. The highest BCUT2D eigenvalue weighted by atomic mass is 16.1. The van der Waals surface area contributed by atoms with E-state index in [1.165, 1.54) is 0 Å². The maximum absolute atomic E-state index is 11.8. The fraction of sp³-hybridized carbons (Fsp3) is 0.286. The topological polar surface area (TPSA) is 46.9 Å². The summed E-state index contributed by atoms with van der Waals surface area (Å²) in [5, 5.41) is 6.96. The Bertz CT molecular complexity index is 545. The van der Waals surface area contributed by atoms with Gasteiger partial charge in [-0.2, -0.15) is 5.10 Å². The Balaban J connectivity index is 1.90. The monoisotopic (exact) mass is 243 g/mol. The summed E-state index contributed by atoms with van der Waals surface area (Å²) >= 11 is 0. The van der Waals surface area contributed by atoms with Crippen LogP contribution in [0.5, 0.6) is 0 Å². The van der Waals surface area contributed by atoms with Crippen molar-refractivity contribution in [1.29, 1.82) is 0 Å². The van der Waals surface area contributed by atoms with Crippen molar-refractivity contribution in [2.45, 2.75) is 19.9 Å². The third-order valence-electron chi connectivity index (χ3n) is 3.00. The number of nitrogens with zero attached hydrogens (tertiary/aromatic N) is 2. The Labute approximate surface area is 107 Å². The van der Waals surface area contributed by atoms with Gasteiger partial charge in [-0.05, 0) is 24.1 Å². The van der Waals surface area contributed by atoms with E-state index in [0.717, 1.165) is 16.8 Å². The zero-order valence-corrected chi connectivity index (χ0v) is 10.7. The highest BCUT2D eigenvalue weighted by Gasteiger charge is 2.06. The van der Waals surface area contributed by atoms with E-state index in [1.54, 1.807) is 10.9 Å². The Morgan fingerprint density at radius 1 is 1.33 bits per heavy atom. The standard InChI is InChI=1S/C14H17N3O/c1-11-5-3-4-6-12(11)9-14(18)15-10-13-7-8-16-17(13)2/h3-8H,9-10H2,1-2H3,(H,15,18). The fourth-order valence-corrected chi connectivity index (χ4v) is 1.81. The van der Waals surface area contributed by atoms with Crippen molar-refractivity contribution >= 4 is 5.91 Å². The predicted octanol–water partition coefficient (Wildman–Crippen LogP) is 1.59. The molecule has 0 radical (unpaired) electrons. The third kappa shape index (κ3) is 2.97. The van der Waals surface area contributed by atoms with E-state index in [2.05, 4.69) is 10.4 Å². The van der Waals surface area contributed by atoms with Crippen LogP contribution in [0.1, 0.15) is 16.8 Å². The molecular formula is C14H17N3O. The minimum Gasteiger partial charge on any atom is -0.350 e. The quantitative estimate of drug-likeness (QED) is 0.886. The molecule has 2 rings (SSSR count). The van der Waals surface area contributed by atoms with Gasteiger partial charge in [0.05, 0.1) is 18.7 Å². The Kier molecular flexibility index (Phi) is 3.77. The number of aromatic nitrogens is 2. The smallest absolute Gasteiger partial charge is 0.224 e. The molecule has 0 bridgehead atoms. The number of carbonyl (C=O) groups is 1. The lowest BCUT2D eigenvalue weighted by Crippen LogP contribution is -2.25. The average molecular weight is 243 g/mol. The van der Waals surface area contributed by atoms with E-state index in [1.807, 2.05) is 44.3 Å². The van der Waals surface area contributed by atoms with Crippen molar-refractivity contribution in [3.8, 4) is 0 Å². The van der Waals surface area contributed by atoms with Crippen LogP contribution in [0.15, 0.2) is 36.5 Å². The van der Waals surface area contributed by atoms with Crippen molar-refractivity contribution < 1.29 is 4.79 Å². The molecule has 0 saturated heterocycles. The first kappa shape index (κ1) is 12.4. The summed E-state index contributed by atoms with van der Waals surface area (Å²) in [6.45, 7) is 2.53. The molecule has 18 heavy (non-hydrogen) atoms. The van der Waals surface area contributed by atoms with Gasteiger partial charge in [0.1, 0.15) is 0 Å². The van der Waals surface area contributed by atoms with Gasteiger partial charge in [-0.25, -0.2) is 0 Å². The second-order valence-electron chi connectivity index (χ2n) is 4.33. The maximum Gasteiger partial charge on any atom is 0.224 e. The normalized spacial score (nSPS) is 10.3. The van der Waals surface area contributed by atoms with Crippen LogP contribution in [0, 0.1) is 6.92 Å². The van der Waals surface area contributed by atoms with Crippen LogP contribution in [-0.4, -0.2) is 15.7 Å². The van der Waals surface area contributed by atoms with Crippen LogP contribution in [-0.2, 0) is 24.8 Å². The first-order chi connectivity index (χ1) is 8.66. The third-order valence-corrected chi connectivity index (χ3v) is 3.00. The van der Waals surface area contributed by atoms with Crippen molar-refractivity contribution in [3.63, 3.8) is 0 Å². The first-order valence-corrected chi connectivity index (χ1v) is 5.95. The summed E-state index contributed by atoms with van der Waals surface area (Å²) in [6, 6.07) is 9.83. The molecule has 1 aromatic heterocycles. The van der Waals surface area contributed by atoms with Crippen molar-refractivity contribution in [2.75, 3.05) is 0 Å². The van der Waals surface area contributed by atoms with Crippen LogP contribution in [0.4, 0.5) is 0 Å². The number of aryl methyl sites for hydroxylation is 2. The predicted molar refractivity (Wildman–Crippen MR) is 69.9 cm³/mol. The van der Waals surface area contributed by atoms with Gasteiger partial charge in [-0.3, -0.25) is 9.48 Å². The lowest BCUT2D eigenvalue weighted by atomic mass is 10.1. The molecular weight excluding hydrogens is 226 g/mol. The number of nitrogens with one attached hydrogen (secondary N) is 1. The summed E-state index contributed by atoms with van der Waals surface area (Å²) in [6.07, 6.45) is 2.15. The summed E-state index contributed by atoms with van der Waals surface area (Å²) < 4.78 is 1.76. The van der Waals surface area contributed by atoms with E-state index in [0.29, 0.717) is 13.0 Å². The van der Waals surface area contributed by atoms with Crippen molar-refractivity contribution in [2.24, 2.45) is 7.05 Å². The largest absolute Gasteiger partial charge is 0.350 e. The molecule has 4 nitrogen and oxygen atoms in total. The molecule has 94 valence electrons. The molecule has 0 aliphatic carbocycles.